The molecule has 2 aromatic carbocycles. The normalized spacial score (nSPS) is 15.7. The third-order valence-corrected chi connectivity index (χ3v) is 4.00. The van der Waals surface area contributed by atoms with Crippen molar-refractivity contribution in [3.63, 3.8) is 0 Å². The third kappa shape index (κ3) is 3.48. The second-order valence-corrected chi connectivity index (χ2v) is 5.55. The Kier molecular flexibility index (Phi) is 4.74. The van der Waals surface area contributed by atoms with Gasteiger partial charge >= 0.3 is 0 Å². The first kappa shape index (κ1) is 14.6. The fourth-order valence-electron chi connectivity index (χ4n) is 2.79. The van der Waals surface area contributed by atoms with Crippen LogP contribution in [0.3, 0.4) is 0 Å². The van der Waals surface area contributed by atoms with Gasteiger partial charge in [-0.15, -0.1) is 0 Å². The maximum absolute atomic E-state index is 5.22. The molecule has 0 aliphatic carbocycles. The van der Waals surface area contributed by atoms with E-state index >= 15 is 0 Å². The summed E-state index contributed by atoms with van der Waals surface area (Å²) in [5.41, 5.74) is 2.14. The van der Waals surface area contributed by atoms with E-state index in [1.165, 1.54) is 24.8 Å². The average molecular weight is 294 g/mol. The molecule has 0 bridgehead atoms. The van der Waals surface area contributed by atoms with Crippen molar-refractivity contribution in [2.24, 2.45) is 4.99 Å². The van der Waals surface area contributed by atoms with Crippen molar-refractivity contribution in [3.05, 3.63) is 60.2 Å². The van der Waals surface area contributed by atoms with E-state index in [0.29, 0.717) is 0 Å². The summed E-state index contributed by atoms with van der Waals surface area (Å²) in [6.07, 6.45) is 3.81. The van der Waals surface area contributed by atoms with Crippen LogP contribution in [-0.2, 0) is 0 Å². The summed E-state index contributed by atoms with van der Waals surface area (Å²) in [4.78, 5) is 7.32. The van der Waals surface area contributed by atoms with Gasteiger partial charge < -0.3 is 9.64 Å². The van der Waals surface area contributed by atoms with Crippen LogP contribution in [0.5, 0.6) is 5.75 Å². The molecule has 0 atom stereocenters. The van der Waals surface area contributed by atoms with Gasteiger partial charge in [-0.1, -0.05) is 30.3 Å². The van der Waals surface area contributed by atoms with E-state index in [1.54, 1.807) is 7.11 Å². The molecule has 0 unspecified atom stereocenters. The zero-order chi connectivity index (χ0) is 15.2. The molecule has 1 saturated heterocycles. The summed E-state index contributed by atoms with van der Waals surface area (Å²) >= 11 is 0. The Morgan fingerprint density at radius 3 is 2.23 bits per heavy atom. The van der Waals surface area contributed by atoms with Gasteiger partial charge in [0.2, 0.25) is 0 Å². The first-order chi connectivity index (χ1) is 10.9. The Morgan fingerprint density at radius 2 is 1.59 bits per heavy atom. The van der Waals surface area contributed by atoms with Crippen molar-refractivity contribution in [3.8, 4) is 5.75 Å². The number of ether oxygens (including phenoxy) is 1. The first-order valence-electron chi connectivity index (χ1n) is 7.90. The van der Waals surface area contributed by atoms with Crippen LogP contribution in [0.4, 0.5) is 5.69 Å². The Balaban J connectivity index is 1.94. The number of amidine groups is 1. The van der Waals surface area contributed by atoms with Gasteiger partial charge in [-0.05, 0) is 43.5 Å². The van der Waals surface area contributed by atoms with Crippen molar-refractivity contribution in [2.75, 3.05) is 20.2 Å². The minimum Gasteiger partial charge on any atom is -0.497 e. The second-order valence-electron chi connectivity index (χ2n) is 5.55. The largest absolute Gasteiger partial charge is 0.497 e. The molecule has 2 aromatic rings. The molecule has 1 aliphatic heterocycles. The second kappa shape index (κ2) is 7.12. The van der Waals surface area contributed by atoms with Gasteiger partial charge in [0.15, 0.2) is 0 Å². The van der Waals surface area contributed by atoms with E-state index in [4.69, 9.17) is 9.73 Å². The highest BCUT2D eigenvalue weighted by Gasteiger charge is 2.16. The van der Waals surface area contributed by atoms with Crippen LogP contribution in [0.15, 0.2) is 59.6 Å². The molecule has 114 valence electrons. The zero-order valence-corrected chi connectivity index (χ0v) is 13.0. The van der Waals surface area contributed by atoms with E-state index in [-0.39, 0.29) is 0 Å². The summed E-state index contributed by atoms with van der Waals surface area (Å²) in [6.45, 7) is 2.17. The van der Waals surface area contributed by atoms with Crippen molar-refractivity contribution in [1.82, 2.24) is 4.90 Å². The maximum atomic E-state index is 5.22. The predicted molar refractivity (Wildman–Crippen MR) is 91.1 cm³/mol. The van der Waals surface area contributed by atoms with Crippen molar-refractivity contribution in [2.45, 2.75) is 19.3 Å². The number of likely N-dealkylation sites (tertiary alicyclic amines) is 1. The minimum atomic E-state index is 0.859. The van der Waals surface area contributed by atoms with Gasteiger partial charge in [-0.3, -0.25) is 0 Å². The van der Waals surface area contributed by atoms with Crippen molar-refractivity contribution >= 4 is 11.5 Å². The molecule has 0 N–H and O–H groups in total. The summed E-state index contributed by atoms with van der Waals surface area (Å²) in [5.74, 6) is 1.93. The molecule has 0 saturated carbocycles. The maximum Gasteiger partial charge on any atom is 0.136 e. The highest BCUT2D eigenvalue weighted by Crippen LogP contribution is 2.21. The van der Waals surface area contributed by atoms with E-state index in [2.05, 4.69) is 29.2 Å². The van der Waals surface area contributed by atoms with Gasteiger partial charge in [0.25, 0.3) is 0 Å². The number of aliphatic imine (C=N–C) groups is 1. The topological polar surface area (TPSA) is 24.8 Å². The van der Waals surface area contributed by atoms with Gasteiger partial charge in [0.1, 0.15) is 11.6 Å². The van der Waals surface area contributed by atoms with Crippen LogP contribution >= 0.6 is 0 Å². The highest BCUT2D eigenvalue weighted by atomic mass is 16.5. The molecule has 3 heteroatoms. The third-order valence-electron chi connectivity index (χ3n) is 4.00. The minimum absolute atomic E-state index is 0.859. The van der Waals surface area contributed by atoms with Crippen LogP contribution in [0.2, 0.25) is 0 Å². The Bertz CT molecular complexity index is 614. The molecule has 3 nitrogen and oxygen atoms in total. The molecule has 1 heterocycles. The Hall–Kier alpha value is -2.29. The van der Waals surface area contributed by atoms with Crippen LogP contribution in [0.25, 0.3) is 0 Å². The summed E-state index contributed by atoms with van der Waals surface area (Å²) in [7, 11) is 1.68. The number of benzene rings is 2. The molecule has 0 radical (unpaired) electrons. The lowest BCUT2D eigenvalue weighted by Crippen LogP contribution is -2.36. The van der Waals surface area contributed by atoms with Gasteiger partial charge in [-0.25, -0.2) is 4.99 Å². The zero-order valence-electron chi connectivity index (χ0n) is 13.0. The molecule has 1 aliphatic rings. The Morgan fingerprint density at radius 1 is 0.909 bits per heavy atom. The lowest BCUT2D eigenvalue weighted by Gasteiger charge is -2.30. The van der Waals surface area contributed by atoms with E-state index < -0.39 is 0 Å². The SMILES string of the molecule is COc1ccc(N=C(c2ccccc2)N2CCCCC2)cc1. The van der Waals surface area contributed by atoms with Crippen LogP contribution in [-0.4, -0.2) is 30.9 Å². The van der Waals surface area contributed by atoms with Gasteiger partial charge in [-0.2, -0.15) is 0 Å². The lowest BCUT2D eigenvalue weighted by atomic mass is 10.1. The summed E-state index contributed by atoms with van der Waals surface area (Å²) in [5, 5.41) is 0. The van der Waals surface area contributed by atoms with E-state index in [0.717, 1.165) is 30.4 Å². The molecular formula is C19H22N2O. The number of methoxy groups -OCH3 is 1. The first-order valence-corrected chi connectivity index (χ1v) is 7.90. The number of nitrogens with zero attached hydrogens (tertiary/aromatic N) is 2. The van der Waals surface area contributed by atoms with Crippen molar-refractivity contribution in [1.29, 1.82) is 0 Å². The van der Waals surface area contributed by atoms with Crippen molar-refractivity contribution < 1.29 is 4.74 Å². The molecule has 0 aromatic heterocycles. The van der Waals surface area contributed by atoms with Crippen LogP contribution < -0.4 is 4.74 Å². The fourth-order valence-corrected chi connectivity index (χ4v) is 2.79. The molecule has 22 heavy (non-hydrogen) atoms. The average Bonchev–Trinajstić information content (AvgIpc) is 2.62. The molecular weight excluding hydrogens is 272 g/mol. The molecule has 3 rings (SSSR count). The molecule has 1 fully saturated rings. The van der Waals surface area contributed by atoms with Crippen LogP contribution in [0, 0.1) is 0 Å². The fraction of sp³-hybridized carbons (Fsp3) is 0.316. The lowest BCUT2D eigenvalue weighted by molar-refractivity contribution is 0.343. The number of rotatable bonds is 3. The van der Waals surface area contributed by atoms with E-state index in [9.17, 15) is 0 Å². The molecule has 0 amide bonds. The number of hydrogen-bond donors (Lipinski definition) is 0. The highest BCUT2D eigenvalue weighted by molar-refractivity contribution is 6.00. The number of piperidine rings is 1. The summed E-state index contributed by atoms with van der Waals surface area (Å²) < 4.78 is 5.22. The quantitative estimate of drug-likeness (QED) is 0.624. The smallest absolute Gasteiger partial charge is 0.136 e. The standard InChI is InChI=1S/C19H22N2O/c1-22-18-12-10-17(11-13-18)20-19(16-8-4-2-5-9-16)21-14-6-3-7-15-21/h2,4-5,8-13H,3,6-7,14-15H2,1H3. The van der Waals surface area contributed by atoms with Gasteiger partial charge in [0, 0.05) is 18.7 Å². The van der Waals surface area contributed by atoms with Gasteiger partial charge in [0.05, 0.1) is 12.8 Å². The monoisotopic (exact) mass is 294 g/mol. The predicted octanol–water partition coefficient (Wildman–Crippen LogP) is 4.26. The Labute approximate surface area is 132 Å². The molecule has 0 spiro atoms. The van der Waals surface area contributed by atoms with E-state index in [1.807, 2.05) is 30.3 Å². The summed E-state index contributed by atoms with van der Waals surface area (Å²) in [6, 6.07) is 18.4. The van der Waals surface area contributed by atoms with Crippen LogP contribution in [0.1, 0.15) is 24.8 Å². The number of hydrogen-bond acceptors (Lipinski definition) is 2.